The van der Waals surface area contributed by atoms with Gasteiger partial charge in [-0.1, -0.05) is 67.1 Å². The fraction of sp³-hybridized carbons (Fsp3) is 0.789. The molecular weight excluding hydrogens is 354 g/mol. The van der Waals surface area contributed by atoms with E-state index in [0.717, 1.165) is 24.6 Å². The minimum Gasteiger partial charge on any atom is -0.350 e. The minimum atomic E-state index is -0.435. The van der Waals surface area contributed by atoms with Crippen LogP contribution in [0.1, 0.15) is 84.0 Å². The normalized spacial score (nSPS) is 11.0. The Balaban J connectivity index is 3.23. The molecular formula is C19H34BrNO2. The van der Waals surface area contributed by atoms with Crippen molar-refractivity contribution in [1.82, 2.24) is 5.32 Å². The number of ketones is 1. The number of rotatable bonds is 16. The van der Waals surface area contributed by atoms with Gasteiger partial charge in [-0.25, -0.2) is 0 Å². The maximum atomic E-state index is 11.2. The second kappa shape index (κ2) is 17.7. The summed E-state index contributed by atoms with van der Waals surface area (Å²) < 4.78 is 0. The standard InChI is InChI=1S/C19H34BrNO2/c1-2-18(22)19(23)21-17-15-13-11-9-7-5-3-4-6-8-10-12-14-16-20/h7,9H,2-6,8,10-17H2,1H3,(H,21,23)/b9-7-. The van der Waals surface area contributed by atoms with Crippen LogP contribution in [0.3, 0.4) is 0 Å². The quantitative estimate of drug-likeness (QED) is 0.168. The van der Waals surface area contributed by atoms with Crippen LogP contribution in [0.25, 0.3) is 0 Å². The van der Waals surface area contributed by atoms with Gasteiger partial charge in [0.2, 0.25) is 5.78 Å². The van der Waals surface area contributed by atoms with Gasteiger partial charge in [-0.2, -0.15) is 0 Å². The summed E-state index contributed by atoms with van der Waals surface area (Å²) in [6.07, 6.45) is 18.5. The van der Waals surface area contributed by atoms with Crippen molar-refractivity contribution in [2.75, 3.05) is 11.9 Å². The SMILES string of the molecule is CCC(=O)C(=O)NCCCC/C=C\CCCCCCCCCBr. The zero-order valence-electron chi connectivity index (χ0n) is 14.7. The van der Waals surface area contributed by atoms with E-state index in [1.54, 1.807) is 6.92 Å². The third-order valence-electron chi connectivity index (χ3n) is 3.83. The van der Waals surface area contributed by atoms with Crippen LogP contribution in [0, 0.1) is 0 Å². The van der Waals surface area contributed by atoms with Gasteiger partial charge in [0.25, 0.3) is 5.91 Å². The van der Waals surface area contributed by atoms with E-state index < -0.39 is 5.91 Å². The van der Waals surface area contributed by atoms with Crippen molar-refractivity contribution in [2.24, 2.45) is 0 Å². The maximum Gasteiger partial charge on any atom is 0.287 e. The molecule has 0 spiro atoms. The monoisotopic (exact) mass is 387 g/mol. The molecule has 0 radical (unpaired) electrons. The number of hydrogen-bond donors (Lipinski definition) is 1. The van der Waals surface area contributed by atoms with Gasteiger partial charge < -0.3 is 5.32 Å². The molecule has 0 unspecified atom stereocenters. The van der Waals surface area contributed by atoms with Crippen molar-refractivity contribution in [3.63, 3.8) is 0 Å². The van der Waals surface area contributed by atoms with E-state index in [1.165, 1.54) is 51.4 Å². The van der Waals surface area contributed by atoms with E-state index in [0.29, 0.717) is 6.54 Å². The van der Waals surface area contributed by atoms with Gasteiger partial charge in [0.05, 0.1) is 0 Å². The van der Waals surface area contributed by atoms with Crippen LogP contribution in [-0.4, -0.2) is 23.6 Å². The van der Waals surface area contributed by atoms with Gasteiger partial charge in [-0.3, -0.25) is 9.59 Å². The molecule has 0 rings (SSSR count). The topological polar surface area (TPSA) is 46.2 Å². The lowest BCUT2D eigenvalue weighted by atomic mass is 10.1. The lowest BCUT2D eigenvalue weighted by Crippen LogP contribution is -2.31. The van der Waals surface area contributed by atoms with Crippen LogP contribution in [0.15, 0.2) is 12.2 Å². The first-order chi connectivity index (χ1) is 11.2. The fourth-order valence-corrected chi connectivity index (χ4v) is 2.72. The smallest absolute Gasteiger partial charge is 0.287 e. The van der Waals surface area contributed by atoms with Gasteiger partial charge in [-0.15, -0.1) is 0 Å². The number of carbonyl (C=O) groups excluding carboxylic acids is 2. The highest BCUT2D eigenvalue weighted by molar-refractivity contribution is 9.09. The third kappa shape index (κ3) is 16.0. The molecule has 0 bridgehead atoms. The summed E-state index contributed by atoms with van der Waals surface area (Å²) in [4.78, 5) is 22.3. The molecule has 4 heteroatoms. The number of allylic oxidation sites excluding steroid dienone is 2. The lowest BCUT2D eigenvalue weighted by Gasteiger charge is -2.02. The summed E-state index contributed by atoms with van der Waals surface area (Å²) in [5.74, 6) is -0.761. The number of Topliss-reactive ketones (excluding diaryl/α,β-unsaturated/α-hetero) is 1. The Morgan fingerprint density at radius 1 is 0.826 bits per heavy atom. The number of hydrogen-bond acceptors (Lipinski definition) is 2. The Morgan fingerprint density at radius 2 is 1.35 bits per heavy atom. The molecule has 0 fully saturated rings. The van der Waals surface area contributed by atoms with Gasteiger partial charge in [0.1, 0.15) is 0 Å². The summed E-state index contributed by atoms with van der Waals surface area (Å²) in [6, 6.07) is 0. The Kier molecular flexibility index (Phi) is 17.2. The molecule has 0 heterocycles. The molecule has 0 aliphatic heterocycles. The Bertz CT molecular complexity index is 329. The predicted octanol–water partition coefficient (Wildman–Crippen LogP) is 5.32. The molecule has 0 aromatic heterocycles. The summed E-state index contributed by atoms with van der Waals surface area (Å²) in [7, 11) is 0. The number of carbonyl (C=O) groups is 2. The molecule has 3 nitrogen and oxygen atoms in total. The van der Waals surface area contributed by atoms with Crippen molar-refractivity contribution < 1.29 is 9.59 Å². The second-order valence-electron chi connectivity index (χ2n) is 5.95. The molecule has 1 N–H and O–H groups in total. The Morgan fingerprint density at radius 3 is 1.91 bits per heavy atom. The minimum absolute atomic E-state index is 0.283. The number of nitrogens with one attached hydrogen (secondary N) is 1. The highest BCUT2D eigenvalue weighted by atomic mass is 79.9. The first-order valence-electron chi connectivity index (χ1n) is 9.24. The van der Waals surface area contributed by atoms with Crippen molar-refractivity contribution >= 4 is 27.6 Å². The average Bonchev–Trinajstić information content (AvgIpc) is 2.57. The predicted molar refractivity (Wildman–Crippen MR) is 102 cm³/mol. The molecule has 0 aliphatic rings. The van der Waals surface area contributed by atoms with E-state index in [-0.39, 0.29) is 12.2 Å². The summed E-state index contributed by atoms with van der Waals surface area (Å²) in [5, 5.41) is 3.80. The summed E-state index contributed by atoms with van der Waals surface area (Å²) in [6.45, 7) is 2.31. The highest BCUT2D eigenvalue weighted by Gasteiger charge is 2.08. The molecule has 23 heavy (non-hydrogen) atoms. The Hall–Kier alpha value is -0.640. The Labute approximate surface area is 150 Å². The lowest BCUT2D eigenvalue weighted by molar-refractivity contribution is -0.137. The first kappa shape index (κ1) is 22.4. The van der Waals surface area contributed by atoms with E-state index in [9.17, 15) is 9.59 Å². The fourth-order valence-electron chi connectivity index (χ4n) is 2.32. The van der Waals surface area contributed by atoms with Crippen molar-refractivity contribution in [2.45, 2.75) is 84.0 Å². The third-order valence-corrected chi connectivity index (χ3v) is 4.39. The largest absolute Gasteiger partial charge is 0.350 e. The summed E-state index contributed by atoms with van der Waals surface area (Å²) >= 11 is 3.46. The van der Waals surface area contributed by atoms with E-state index in [4.69, 9.17) is 0 Å². The molecule has 0 aliphatic carbocycles. The van der Waals surface area contributed by atoms with Gasteiger partial charge in [0.15, 0.2) is 0 Å². The van der Waals surface area contributed by atoms with Crippen LogP contribution in [-0.2, 0) is 9.59 Å². The van der Waals surface area contributed by atoms with E-state index in [2.05, 4.69) is 33.4 Å². The average molecular weight is 388 g/mol. The first-order valence-corrected chi connectivity index (χ1v) is 10.4. The highest BCUT2D eigenvalue weighted by Crippen LogP contribution is 2.09. The van der Waals surface area contributed by atoms with Gasteiger partial charge in [-0.05, 0) is 38.5 Å². The molecule has 0 atom stereocenters. The zero-order chi connectivity index (χ0) is 17.2. The molecule has 134 valence electrons. The number of unbranched alkanes of at least 4 members (excludes halogenated alkanes) is 9. The second-order valence-corrected chi connectivity index (χ2v) is 6.75. The molecule has 0 aromatic carbocycles. The van der Waals surface area contributed by atoms with Crippen LogP contribution in [0.2, 0.25) is 0 Å². The van der Waals surface area contributed by atoms with Crippen LogP contribution < -0.4 is 5.32 Å². The van der Waals surface area contributed by atoms with E-state index >= 15 is 0 Å². The van der Waals surface area contributed by atoms with Crippen molar-refractivity contribution in [1.29, 1.82) is 0 Å². The number of amides is 1. The van der Waals surface area contributed by atoms with Crippen LogP contribution in [0.5, 0.6) is 0 Å². The number of alkyl halides is 1. The molecule has 1 amide bonds. The zero-order valence-corrected chi connectivity index (χ0v) is 16.3. The van der Waals surface area contributed by atoms with Gasteiger partial charge in [0, 0.05) is 18.3 Å². The molecule has 0 saturated heterocycles. The molecule has 0 saturated carbocycles. The summed E-state index contributed by atoms with van der Waals surface area (Å²) in [5.41, 5.74) is 0. The van der Waals surface area contributed by atoms with Gasteiger partial charge >= 0.3 is 0 Å². The van der Waals surface area contributed by atoms with Crippen LogP contribution >= 0.6 is 15.9 Å². The maximum absolute atomic E-state index is 11.2. The van der Waals surface area contributed by atoms with Crippen LogP contribution in [0.4, 0.5) is 0 Å². The number of halogens is 1. The van der Waals surface area contributed by atoms with Crippen molar-refractivity contribution in [3.05, 3.63) is 12.2 Å². The molecule has 0 aromatic rings. The van der Waals surface area contributed by atoms with Crippen molar-refractivity contribution in [3.8, 4) is 0 Å². The van der Waals surface area contributed by atoms with E-state index in [1.807, 2.05) is 0 Å².